The smallest absolute Gasteiger partial charge is 0.272 e. The minimum atomic E-state index is -3.90. The highest BCUT2D eigenvalue weighted by Crippen LogP contribution is 2.46. The van der Waals surface area contributed by atoms with Crippen molar-refractivity contribution in [1.29, 1.82) is 0 Å². The van der Waals surface area contributed by atoms with Crippen molar-refractivity contribution in [2.75, 3.05) is 25.4 Å². The van der Waals surface area contributed by atoms with Gasteiger partial charge in [-0.1, -0.05) is 17.7 Å². The second-order valence-electron chi connectivity index (χ2n) is 9.45. The molecule has 2 atom stereocenters. The molecule has 0 radical (unpaired) electrons. The van der Waals surface area contributed by atoms with Crippen molar-refractivity contribution < 1.29 is 27.6 Å². The normalized spacial score (nSPS) is 23.2. The first-order valence-electron chi connectivity index (χ1n) is 12.6. The van der Waals surface area contributed by atoms with E-state index in [1.165, 1.54) is 33.8 Å². The number of carbonyl (C=O) groups is 2. The van der Waals surface area contributed by atoms with Crippen molar-refractivity contribution in [1.82, 2.24) is 15.4 Å². The Labute approximate surface area is 240 Å². The summed E-state index contributed by atoms with van der Waals surface area (Å²) in [5.41, 5.74) is 2.67. The Balaban J connectivity index is 1.44. The fourth-order valence-corrected chi connectivity index (χ4v) is 9.55. The van der Waals surface area contributed by atoms with E-state index < -0.39 is 26.8 Å². The molecule has 0 aliphatic carbocycles. The molecule has 5 heterocycles. The summed E-state index contributed by atoms with van der Waals surface area (Å²) in [7, 11) is -3.90. The predicted molar refractivity (Wildman–Crippen MR) is 150 cm³/mol. The minimum absolute atomic E-state index is 0.00624. The topological polar surface area (TPSA) is 115 Å². The van der Waals surface area contributed by atoms with Crippen LogP contribution in [0.2, 0.25) is 4.34 Å². The van der Waals surface area contributed by atoms with Gasteiger partial charge >= 0.3 is 0 Å². The van der Waals surface area contributed by atoms with Crippen molar-refractivity contribution in [2.45, 2.75) is 43.1 Å². The molecule has 0 spiro atoms. The van der Waals surface area contributed by atoms with Crippen molar-refractivity contribution in [2.24, 2.45) is 0 Å². The molecule has 39 heavy (non-hydrogen) atoms. The Morgan fingerprint density at radius 1 is 1.13 bits per heavy atom. The number of sulfone groups is 1. The highest BCUT2D eigenvalue weighted by Gasteiger charge is 2.50. The highest BCUT2D eigenvalue weighted by atomic mass is 35.5. The van der Waals surface area contributed by atoms with Crippen LogP contribution in [0, 0.1) is 0 Å². The second kappa shape index (κ2) is 12.0. The lowest BCUT2D eigenvalue weighted by Crippen LogP contribution is -2.43. The molecule has 2 aliphatic rings. The number of nitrogens with zero attached hydrogens (tertiary/aromatic N) is 2. The fraction of sp³-hybridized carbons (Fsp3) is 0.423. The zero-order valence-corrected chi connectivity index (χ0v) is 24.2. The summed E-state index contributed by atoms with van der Waals surface area (Å²) >= 11 is 8.85. The van der Waals surface area contributed by atoms with Gasteiger partial charge in [0, 0.05) is 46.9 Å². The van der Waals surface area contributed by atoms with E-state index in [1.54, 1.807) is 30.3 Å². The van der Waals surface area contributed by atoms with Crippen molar-refractivity contribution in [3.63, 3.8) is 0 Å². The number of halogens is 1. The Morgan fingerprint density at radius 2 is 1.95 bits per heavy atom. The molecule has 2 aliphatic heterocycles. The number of nitrogens with one attached hydrogen (secondary N) is 1. The maximum atomic E-state index is 14.0. The summed E-state index contributed by atoms with van der Waals surface area (Å²) in [5, 5.41) is 0. The number of thiophene rings is 2. The maximum absolute atomic E-state index is 14.0. The molecule has 3 aromatic rings. The Kier molecular flexibility index (Phi) is 8.69. The lowest BCUT2D eigenvalue weighted by Gasteiger charge is -2.31. The van der Waals surface area contributed by atoms with E-state index in [0.717, 1.165) is 22.6 Å². The molecular weight excluding hydrogens is 582 g/mol. The first-order valence-corrected chi connectivity index (χ1v) is 16.3. The molecule has 0 bridgehead atoms. The third-order valence-electron chi connectivity index (χ3n) is 6.94. The molecule has 2 unspecified atom stereocenters. The van der Waals surface area contributed by atoms with Crippen LogP contribution in [-0.2, 0) is 29.0 Å². The van der Waals surface area contributed by atoms with Crippen LogP contribution >= 0.6 is 34.3 Å². The van der Waals surface area contributed by atoms with Gasteiger partial charge in [0.2, 0.25) is 5.91 Å². The van der Waals surface area contributed by atoms with Crippen LogP contribution < -0.4 is 5.48 Å². The maximum Gasteiger partial charge on any atom is 0.272 e. The molecule has 0 aromatic carbocycles. The van der Waals surface area contributed by atoms with Crippen LogP contribution in [0.5, 0.6) is 0 Å². The molecule has 2 amide bonds. The predicted octanol–water partition coefficient (Wildman–Crippen LogP) is 4.65. The molecule has 0 saturated carbocycles. The summed E-state index contributed by atoms with van der Waals surface area (Å²) in [6, 6.07) is 12.3. The number of hydrogen-bond donors (Lipinski definition) is 1. The minimum Gasteiger partial charge on any atom is -0.350 e. The third kappa shape index (κ3) is 6.21. The number of hydroxylamine groups is 1. The van der Waals surface area contributed by atoms with Gasteiger partial charge in [-0.25, -0.2) is 18.7 Å². The van der Waals surface area contributed by atoms with E-state index in [9.17, 15) is 18.0 Å². The lowest BCUT2D eigenvalue weighted by molar-refractivity contribution is -0.200. The van der Waals surface area contributed by atoms with Crippen LogP contribution in [-0.4, -0.2) is 61.9 Å². The van der Waals surface area contributed by atoms with Gasteiger partial charge in [-0.05, 0) is 55.7 Å². The fourth-order valence-electron chi connectivity index (χ4n) is 4.82. The molecule has 3 aromatic heterocycles. The number of carbonyl (C=O) groups excluding carboxylic acids is 2. The SMILES string of the molecule is O=C(CC1(c2ccc(-c3ccc(Cl)s3)s2)CCN(C(=O)c2ccccn2)CCS1(=O)=O)NOC1CCCCO1. The van der Waals surface area contributed by atoms with Gasteiger partial charge in [0.1, 0.15) is 10.4 Å². The Morgan fingerprint density at radius 3 is 2.67 bits per heavy atom. The highest BCUT2D eigenvalue weighted by molar-refractivity contribution is 7.92. The molecule has 208 valence electrons. The van der Waals surface area contributed by atoms with Crippen LogP contribution in [0.3, 0.4) is 0 Å². The number of aromatic nitrogens is 1. The molecule has 9 nitrogen and oxygen atoms in total. The van der Waals surface area contributed by atoms with E-state index in [4.69, 9.17) is 21.2 Å². The number of rotatable bonds is 7. The van der Waals surface area contributed by atoms with Crippen LogP contribution in [0.15, 0.2) is 48.7 Å². The van der Waals surface area contributed by atoms with E-state index in [-0.39, 0.29) is 43.3 Å². The molecule has 2 fully saturated rings. The quantitative estimate of drug-likeness (QED) is 0.388. The first kappa shape index (κ1) is 28.2. The van der Waals surface area contributed by atoms with Crippen LogP contribution in [0.1, 0.15) is 47.5 Å². The van der Waals surface area contributed by atoms with Gasteiger partial charge in [-0.2, -0.15) is 0 Å². The number of ether oxygens (including phenoxy) is 1. The number of pyridine rings is 1. The molecule has 5 rings (SSSR count). The van der Waals surface area contributed by atoms with Gasteiger partial charge in [-0.15, -0.1) is 22.7 Å². The summed E-state index contributed by atoms with van der Waals surface area (Å²) < 4.78 is 32.6. The summed E-state index contributed by atoms with van der Waals surface area (Å²) in [4.78, 5) is 39.7. The third-order valence-corrected chi connectivity index (χ3v) is 12.3. The molecule has 1 N–H and O–H groups in total. The van der Waals surface area contributed by atoms with Gasteiger partial charge in [0.25, 0.3) is 5.91 Å². The zero-order valence-electron chi connectivity index (χ0n) is 21.0. The standard InChI is InChI=1S/C26H28ClN3O6S3/c27-22-10-8-20(38-22)19-7-9-21(37-19)26(17-23(31)29-36-24-6-2-4-15-35-24)11-13-30(14-16-39(26,33)34)25(32)18-5-1-3-12-28-18/h1,3,5,7-10,12,24H,2,4,6,11,13-17H2,(H,29,31). The van der Waals surface area contributed by atoms with Gasteiger partial charge in [-0.3, -0.25) is 14.6 Å². The summed E-state index contributed by atoms with van der Waals surface area (Å²) in [6.45, 7) is 0.697. The van der Waals surface area contributed by atoms with Gasteiger partial charge < -0.3 is 9.64 Å². The average molecular weight is 610 g/mol. The van der Waals surface area contributed by atoms with Crippen LogP contribution in [0.25, 0.3) is 9.75 Å². The first-order chi connectivity index (χ1) is 18.8. The lowest BCUT2D eigenvalue weighted by atomic mass is 9.97. The summed E-state index contributed by atoms with van der Waals surface area (Å²) in [5.74, 6) is -1.20. The van der Waals surface area contributed by atoms with E-state index in [0.29, 0.717) is 22.2 Å². The van der Waals surface area contributed by atoms with E-state index >= 15 is 0 Å². The van der Waals surface area contributed by atoms with E-state index in [1.807, 2.05) is 12.1 Å². The van der Waals surface area contributed by atoms with Gasteiger partial charge in [0.15, 0.2) is 16.1 Å². The van der Waals surface area contributed by atoms with Crippen molar-refractivity contribution >= 4 is 55.9 Å². The molecular formula is C26H28ClN3O6S3. The zero-order chi connectivity index (χ0) is 27.5. The van der Waals surface area contributed by atoms with Gasteiger partial charge in [0.05, 0.1) is 16.5 Å². The van der Waals surface area contributed by atoms with Crippen LogP contribution in [0.4, 0.5) is 0 Å². The average Bonchev–Trinajstić information content (AvgIpc) is 3.58. The second-order valence-corrected chi connectivity index (χ2v) is 14.7. The molecule has 13 heteroatoms. The molecule has 2 saturated heterocycles. The number of hydrogen-bond acceptors (Lipinski definition) is 9. The van der Waals surface area contributed by atoms with Crippen molar-refractivity contribution in [3.8, 4) is 9.75 Å². The summed E-state index contributed by atoms with van der Waals surface area (Å²) in [6.07, 6.45) is 3.16. The number of amides is 2. The Hall–Kier alpha value is -2.35. The van der Waals surface area contributed by atoms with E-state index in [2.05, 4.69) is 10.5 Å². The monoisotopic (exact) mass is 609 g/mol. The Bertz CT molecular complexity index is 1420. The van der Waals surface area contributed by atoms with Crippen molar-refractivity contribution in [3.05, 3.63) is 63.6 Å². The largest absolute Gasteiger partial charge is 0.350 e.